The summed E-state index contributed by atoms with van der Waals surface area (Å²) in [7, 11) is 0. The molecule has 1 aromatic rings. The van der Waals surface area contributed by atoms with Crippen molar-refractivity contribution in [1.82, 2.24) is 15.5 Å². The highest BCUT2D eigenvalue weighted by atomic mass is 19.2. The highest BCUT2D eigenvalue weighted by Gasteiger charge is 2.34. The van der Waals surface area contributed by atoms with Gasteiger partial charge in [-0.1, -0.05) is 12.8 Å². The molecule has 0 radical (unpaired) electrons. The first kappa shape index (κ1) is 33.8. The van der Waals surface area contributed by atoms with Gasteiger partial charge < -0.3 is 25.0 Å². The van der Waals surface area contributed by atoms with Gasteiger partial charge in [0, 0.05) is 31.6 Å². The number of ether oxygens (including phenoxy) is 2. The standard InChI is InChI=1S/C29H37F4N3O7/c1-29(2,3)43-22(38)13-20(21(37)15-42-25-23(32)18(30)12-19(31)24(25)33)35-26(39)17-8-10-36(11-9-17)28(41)27(40)34-14-16-6-4-5-7-16/h12,16-17,20H,4-11,13-15H2,1-3H3,(H,34,40)(H,35,39)/t20-/m0/s1. The number of piperidine rings is 1. The highest BCUT2D eigenvalue weighted by Crippen LogP contribution is 2.27. The topological polar surface area (TPSA) is 131 Å². The third-order valence-corrected chi connectivity index (χ3v) is 7.30. The summed E-state index contributed by atoms with van der Waals surface area (Å²) in [6.07, 6.45) is 3.89. The van der Waals surface area contributed by atoms with Gasteiger partial charge in [-0.2, -0.15) is 8.78 Å². The molecule has 0 aromatic heterocycles. The second-order valence-corrected chi connectivity index (χ2v) is 11.8. The van der Waals surface area contributed by atoms with Gasteiger partial charge in [-0.15, -0.1) is 0 Å². The summed E-state index contributed by atoms with van der Waals surface area (Å²) < 4.78 is 64.9. The third kappa shape index (κ3) is 9.65. The summed E-state index contributed by atoms with van der Waals surface area (Å²) in [6.45, 7) is 4.25. The van der Waals surface area contributed by atoms with Crippen molar-refractivity contribution in [3.63, 3.8) is 0 Å². The van der Waals surface area contributed by atoms with E-state index in [0.29, 0.717) is 12.5 Å². The first-order valence-electron chi connectivity index (χ1n) is 14.2. The van der Waals surface area contributed by atoms with Gasteiger partial charge in [-0.05, 0) is 52.4 Å². The van der Waals surface area contributed by atoms with Crippen molar-refractivity contribution in [2.75, 3.05) is 26.2 Å². The molecule has 0 bridgehead atoms. The van der Waals surface area contributed by atoms with Gasteiger partial charge in [0.25, 0.3) is 0 Å². The average molecular weight is 616 g/mol. The number of benzene rings is 1. The van der Waals surface area contributed by atoms with E-state index in [2.05, 4.69) is 10.6 Å². The van der Waals surface area contributed by atoms with Gasteiger partial charge in [0.1, 0.15) is 18.2 Å². The number of hydrogen-bond donors (Lipinski definition) is 2. The molecule has 2 fully saturated rings. The molecule has 2 N–H and O–H groups in total. The zero-order valence-electron chi connectivity index (χ0n) is 24.4. The van der Waals surface area contributed by atoms with Gasteiger partial charge in [0.15, 0.2) is 23.2 Å². The van der Waals surface area contributed by atoms with Crippen molar-refractivity contribution >= 4 is 29.5 Å². The van der Waals surface area contributed by atoms with E-state index < -0.39 is 89.1 Å². The Morgan fingerprint density at radius 1 is 0.953 bits per heavy atom. The number of Topliss-reactive ketones (excluding diaryl/α,β-unsaturated/α-hetero) is 1. The fourth-order valence-electron chi connectivity index (χ4n) is 5.02. The fraction of sp³-hybridized carbons (Fsp3) is 0.621. The van der Waals surface area contributed by atoms with Gasteiger partial charge in [0.2, 0.25) is 17.5 Å². The van der Waals surface area contributed by atoms with E-state index in [1.165, 1.54) is 4.90 Å². The van der Waals surface area contributed by atoms with Crippen LogP contribution in [0.1, 0.15) is 65.7 Å². The maximum Gasteiger partial charge on any atom is 0.311 e. The summed E-state index contributed by atoms with van der Waals surface area (Å²) in [6, 6.07) is -1.58. The Hall–Kier alpha value is -3.71. The Morgan fingerprint density at radius 3 is 2.09 bits per heavy atom. The molecule has 2 aliphatic rings. The number of esters is 1. The van der Waals surface area contributed by atoms with E-state index in [1.54, 1.807) is 20.8 Å². The minimum atomic E-state index is -1.85. The number of nitrogens with zero attached hydrogens (tertiary/aromatic N) is 1. The van der Waals surface area contributed by atoms with Crippen LogP contribution in [0.3, 0.4) is 0 Å². The molecule has 43 heavy (non-hydrogen) atoms. The van der Waals surface area contributed by atoms with Crippen molar-refractivity contribution in [2.24, 2.45) is 11.8 Å². The van der Waals surface area contributed by atoms with E-state index in [9.17, 15) is 41.5 Å². The number of halogens is 4. The number of carbonyl (C=O) groups is 5. The van der Waals surface area contributed by atoms with Crippen LogP contribution in [0.4, 0.5) is 17.6 Å². The molecule has 1 aromatic carbocycles. The van der Waals surface area contributed by atoms with E-state index in [0.717, 1.165) is 25.7 Å². The average Bonchev–Trinajstić information content (AvgIpc) is 3.47. The number of likely N-dealkylation sites (tertiary alicyclic amines) is 1. The lowest BCUT2D eigenvalue weighted by Crippen LogP contribution is -2.51. The van der Waals surface area contributed by atoms with E-state index in [4.69, 9.17) is 9.47 Å². The van der Waals surface area contributed by atoms with Crippen molar-refractivity contribution in [3.05, 3.63) is 29.3 Å². The third-order valence-electron chi connectivity index (χ3n) is 7.30. The number of rotatable bonds is 10. The molecule has 1 aliphatic carbocycles. The molecule has 10 nitrogen and oxygen atoms in total. The van der Waals surface area contributed by atoms with Crippen molar-refractivity contribution in [2.45, 2.75) is 77.4 Å². The second kappa shape index (κ2) is 14.6. The molecule has 14 heteroatoms. The molecule has 1 atom stereocenters. The molecule has 1 heterocycles. The van der Waals surface area contributed by atoms with E-state index >= 15 is 0 Å². The van der Waals surface area contributed by atoms with Crippen LogP contribution in [0.25, 0.3) is 0 Å². The molecule has 238 valence electrons. The van der Waals surface area contributed by atoms with Gasteiger partial charge >= 0.3 is 17.8 Å². The first-order chi connectivity index (χ1) is 20.2. The predicted octanol–water partition coefficient (Wildman–Crippen LogP) is 2.95. The Bertz CT molecular complexity index is 1200. The van der Waals surface area contributed by atoms with Crippen molar-refractivity contribution < 1.29 is 51.0 Å². The highest BCUT2D eigenvalue weighted by molar-refractivity contribution is 6.35. The zero-order valence-corrected chi connectivity index (χ0v) is 24.4. The Balaban J connectivity index is 1.60. The van der Waals surface area contributed by atoms with Crippen LogP contribution in [-0.4, -0.2) is 72.3 Å². The number of amides is 3. The molecule has 1 saturated heterocycles. The van der Waals surface area contributed by atoms with Crippen LogP contribution >= 0.6 is 0 Å². The minimum absolute atomic E-state index is 0.0212. The van der Waals surface area contributed by atoms with Crippen molar-refractivity contribution in [3.8, 4) is 5.75 Å². The maximum absolute atomic E-state index is 14.0. The maximum atomic E-state index is 14.0. The van der Waals surface area contributed by atoms with Crippen LogP contribution < -0.4 is 15.4 Å². The summed E-state index contributed by atoms with van der Waals surface area (Å²) >= 11 is 0. The van der Waals surface area contributed by atoms with Crippen LogP contribution in [0.2, 0.25) is 0 Å². The quantitative estimate of drug-likeness (QED) is 0.179. The van der Waals surface area contributed by atoms with Gasteiger partial charge in [-0.25, -0.2) is 8.78 Å². The summed E-state index contributed by atoms with van der Waals surface area (Å²) in [5.41, 5.74) is -0.931. The smallest absolute Gasteiger partial charge is 0.311 e. The van der Waals surface area contributed by atoms with Crippen LogP contribution in [0.15, 0.2) is 6.07 Å². The van der Waals surface area contributed by atoms with E-state index in [1.807, 2.05) is 0 Å². The minimum Gasteiger partial charge on any atom is -0.479 e. The van der Waals surface area contributed by atoms with Crippen molar-refractivity contribution in [1.29, 1.82) is 0 Å². The normalized spacial score (nSPS) is 16.9. The van der Waals surface area contributed by atoms with Crippen LogP contribution in [0.5, 0.6) is 5.75 Å². The second-order valence-electron chi connectivity index (χ2n) is 11.8. The van der Waals surface area contributed by atoms with E-state index in [-0.39, 0.29) is 32.0 Å². The number of nitrogens with one attached hydrogen (secondary N) is 2. The Morgan fingerprint density at radius 2 is 1.53 bits per heavy atom. The summed E-state index contributed by atoms with van der Waals surface area (Å²) in [5.74, 6) is -12.9. The Labute approximate surface area is 246 Å². The fourth-order valence-corrected chi connectivity index (χ4v) is 5.02. The lowest BCUT2D eigenvalue weighted by Gasteiger charge is -2.31. The van der Waals surface area contributed by atoms with Gasteiger partial charge in [-0.3, -0.25) is 24.0 Å². The van der Waals surface area contributed by atoms with Crippen LogP contribution in [-0.2, 0) is 28.7 Å². The molecular formula is C29H37F4N3O7. The lowest BCUT2D eigenvalue weighted by atomic mass is 9.95. The zero-order chi connectivity index (χ0) is 31.9. The predicted molar refractivity (Wildman–Crippen MR) is 143 cm³/mol. The number of carbonyl (C=O) groups excluding carboxylic acids is 5. The molecule has 1 aliphatic heterocycles. The number of ketones is 1. The SMILES string of the molecule is CC(C)(C)OC(=O)C[C@H](NC(=O)C1CCN(C(=O)C(=O)NCC2CCCC2)CC1)C(=O)COc1c(F)c(F)cc(F)c1F. The summed E-state index contributed by atoms with van der Waals surface area (Å²) in [4.78, 5) is 64.7. The van der Waals surface area contributed by atoms with Gasteiger partial charge in [0.05, 0.1) is 6.42 Å². The Kier molecular flexibility index (Phi) is 11.5. The molecular weight excluding hydrogens is 578 g/mol. The largest absolute Gasteiger partial charge is 0.479 e. The molecule has 0 spiro atoms. The van der Waals surface area contributed by atoms with Crippen LogP contribution in [0, 0.1) is 35.1 Å². The molecule has 1 saturated carbocycles. The lowest BCUT2D eigenvalue weighted by molar-refractivity contribution is -0.156. The monoisotopic (exact) mass is 615 g/mol. The molecule has 0 unspecified atom stereocenters. The number of hydrogen-bond acceptors (Lipinski definition) is 7. The molecule has 3 amide bonds. The summed E-state index contributed by atoms with van der Waals surface area (Å²) in [5, 5.41) is 5.10. The molecule has 3 rings (SSSR count). The first-order valence-corrected chi connectivity index (χ1v) is 14.2.